The molecule has 0 atom stereocenters. The molecule has 1 aromatic carbocycles. The third kappa shape index (κ3) is 4.64. The van der Waals surface area contributed by atoms with Crippen molar-refractivity contribution in [2.24, 2.45) is 5.92 Å². The van der Waals surface area contributed by atoms with Gasteiger partial charge in [-0.05, 0) is 24.1 Å². The van der Waals surface area contributed by atoms with Gasteiger partial charge in [-0.25, -0.2) is 12.7 Å². The summed E-state index contributed by atoms with van der Waals surface area (Å²) < 4.78 is 26.1. The first kappa shape index (κ1) is 16.7. The van der Waals surface area contributed by atoms with Crippen LogP contribution in [0.3, 0.4) is 0 Å². The van der Waals surface area contributed by atoms with Crippen LogP contribution in [0.25, 0.3) is 0 Å². The van der Waals surface area contributed by atoms with Crippen LogP contribution >= 0.6 is 0 Å². The zero-order valence-electron chi connectivity index (χ0n) is 12.1. The molecule has 0 radical (unpaired) electrons. The van der Waals surface area contributed by atoms with Crippen molar-refractivity contribution in [2.75, 3.05) is 20.2 Å². The molecule has 0 bridgehead atoms. The van der Waals surface area contributed by atoms with Crippen LogP contribution < -0.4 is 0 Å². The maximum absolute atomic E-state index is 12.4. The molecule has 0 aromatic heterocycles. The molecule has 110 valence electrons. The number of hydrogen-bond acceptors (Lipinski definition) is 3. The van der Waals surface area contributed by atoms with Crippen molar-refractivity contribution in [3.63, 3.8) is 0 Å². The average molecular weight is 295 g/mol. The van der Waals surface area contributed by atoms with Crippen molar-refractivity contribution in [3.8, 4) is 11.8 Å². The fourth-order valence-electron chi connectivity index (χ4n) is 1.75. The van der Waals surface area contributed by atoms with Crippen LogP contribution in [0.5, 0.6) is 0 Å². The highest BCUT2D eigenvalue weighted by atomic mass is 32.2. The first-order chi connectivity index (χ1) is 9.37. The van der Waals surface area contributed by atoms with Crippen LogP contribution in [0.4, 0.5) is 0 Å². The summed E-state index contributed by atoms with van der Waals surface area (Å²) in [4.78, 5) is 0.247. The molecule has 0 fully saturated rings. The van der Waals surface area contributed by atoms with E-state index in [0.29, 0.717) is 18.5 Å². The van der Waals surface area contributed by atoms with Crippen molar-refractivity contribution in [1.29, 1.82) is 0 Å². The monoisotopic (exact) mass is 295 g/mol. The number of aliphatic hydroxyl groups is 1. The number of benzene rings is 1. The van der Waals surface area contributed by atoms with Gasteiger partial charge >= 0.3 is 0 Å². The van der Waals surface area contributed by atoms with Crippen LogP contribution in [0.1, 0.15) is 25.8 Å². The molecule has 0 amide bonds. The lowest BCUT2D eigenvalue weighted by atomic mass is 10.2. The Morgan fingerprint density at radius 2 is 2.05 bits per heavy atom. The summed E-state index contributed by atoms with van der Waals surface area (Å²) in [6.45, 7) is 4.43. The highest BCUT2D eigenvalue weighted by molar-refractivity contribution is 7.89. The minimum absolute atomic E-state index is 0.00210. The standard InChI is InChI=1S/C15H21NO3S/c1-13(2)12-16(3)20(18,19)15-9-6-8-14(11-15)7-4-5-10-17/h6,8-9,11,13,17H,5,10,12H2,1-3H3. The fraction of sp³-hybridized carbons (Fsp3) is 0.467. The molecule has 0 aliphatic rings. The summed E-state index contributed by atoms with van der Waals surface area (Å²) in [5, 5.41) is 8.68. The van der Waals surface area contributed by atoms with Gasteiger partial charge in [0.15, 0.2) is 0 Å². The number of rotatable bonds is 5. The quantitative estimate of drug-likeness (QED) is 0.841. The first-order valence-electron chi connectivity index (χ1n) is 6.54. The smallest absolute Gasteiger partial charge is 0.242 e. The maximum Gasteiger partial charge on any atom is 0.242 e. The Kier molecular flexibility index (Phi) is 6.21. The minimum atomic E-state index is -3.47. The number of aliphatic hydroxyl groups excluding tert-OH is 1. The van der Waals surface area contributed by atoms with Crippen LogP contribution in [0, 0.1) is 17.8 Å². The van der Waals surface area contributed by atoms with Gasteiger partial charge in [0.25, 0.3) is 0 Å². The molecule has 1 aromatic rings. The van der Waals surface area contributed by atoms with E-state index in [1.165, 1.54) is 4.31 Å². The Morgan fingerprint density at radius 1 is 1.35 bits per heavy atom. The molecule has 0 aliphatic heterocycles. The third-order valence-electron chi connectivity index (χ3n) is 2.63. The van der Waals surface area contributed by atoms with Crippen LogP contribution in [0.2, 0.25) is 0 Å². The van der Waals surface area contributed by atoms with E-state index in [9.17, 15) is 8.42 Å². The molecule has 4 nitrogen and oxygen atoms in total. The summed E-state index contributed by atoms with van der Waals surface area (Å²) in [6, 6.07) is 6.57. The molecule has 1 rings (SSSR count). The van der Waals surface area contributed by atoms with Crippen molar-refractivity contribution in [1.82, 2.24) is 4.31 Å². The average Bonchev–Trinajstić information content (AvgIpc) is 2.38. The van der Waals surface area contributed by atoms with Crippen LogP contribution in [-0.2, 0) is 10.0 Å². The molecule has 0 heterocycles. The minimum Gasteiger partial charge on any atom is -0.395 e. The van der Waals surface area contributed by atoms with Crippen molar-refractivity contribution >= 4 is 10.0 Å². The van der Waals surface area contributed by atoms with Crippen LogP contribution in [0.15, 0.2) is 29.2 Å². The van der Waals surface area contributed by atoms with E-state index >= 15 is 0 Å². The van der Waals surface area contributed by atoms with E-state index in [4.69, 9.17) is 5.11 Å². The second kappa shape index (κ2) is 7.44. The lowest BCUT2D eigenvalue weighted by molar-refractivity contribution is 0.305. The lowest BCUT2D eigenvalue weighted by Crippen LogP contribution is -2.30. The Hall–Kier alpha value is -1.35. The molecule has 0 saturated heterocycles. The van der Waals surface area contributed by atoms with E-state index < -0.39 is 10.0 Å². The Bertz CT molecular complexity index is 597. The second-order valence-electron chi connectivity index (χ2n) is 4.98. The van der Waals surface area contributed by atoms with Crippen LogP contribution in [-0.4, -0.2) is 38.0 Å². The van der Waals surface area contributed by atoms with Crippen molar-refractivity contribution < 1.29 is 13.5 Å². The molecule has 0 aliphatic carbocycles. The molecule has 0 unspecified atom stereocenters. The third-order valence-corrected chi connectivity index (χ3v) is 4.45. The molecule has 20 heavy (non-hydrogen) atoms. The van der Waals surface area contributed by atoms with E-state index in [1.54, 1.807) is 31.3 Å². The molecule has 0 spiro atoms. The van der Waals surface area contributed by atoms with E-state index in [2.05, 4.69) is 11.8 Å². The predicted molar refractivity (Wildman–Crippen MR) is 79.7 cm³/mol. The molecular weight excluding hydrogens is 274 g/mol. The Balaban J connectivity index is 3.02. The molecule has 5 heteroatoms. The summed E-state index contributed by atoms with van der Waals surface area (Å²) in [6.07, 6.45) is 0.379. The van der Waals surface area contributed by atoms with Gasteiger partial charge in [-0.3, -0.25) is 0 Å². The lowest BCUT2D eigenvalue weighted by Gasteiger charge is -2.19. The Morgan fingerprint density at radius 3 is 2.65 bits per heavy atom. The maximum atomic E-state index is 12.4. The van der Waals surface area contributed by atoms with Gasteiger partial charge in [-0.1, -0.05) is 31.8 Å². The van der Waals surface area contributed by atoms with Crippen molar-refractivity contribution in [2.45, 2.75) is 25.2 Å². The van der Waals surface area contributed by atoms with Crippen molar-refractivity contribution in [3.05, 3.63) is 29.8 Å². The summed E-state index contributed by atoms with van der Waals surface area (Å²) in [7, 11) is -1.89. The highest BCUT2D eigenvalue weighted by Gasteiger charge is 2.21. The SMILES string of the molecule is CC(C)CN(C)S(=O)(=O)c1cccc(C#CCCO)c1. The predicted octanol–water partition coefficient (Wildman–Crippen LogP) is 1.70. The topological polar surface area (TPSA) is 57.6 Å². The van der Waals surface area contributed by atoms with E-state index in [0.717, 1.165) is 0 Å². The van der Waals surface area contributed by atoms with Gasteiger partial charge in [0.1, 0.15) is 0 Å². The first-order valence-corrected chi connectivity index (χ1v) is 7.98. The van der Waals surface area contributed by atoms with Gasteiger partial charge in [0.2, 0.25) is 10.0 Å². The normalized spacial score (nSPS) is 11.5. The van der Waals surface area contributed by atoms with E-state index in [-0.39, 0.29) is 17.4 Å². The fourth-order valence-corrected chi connectivity index (χ4v) is 3.13. The van der Waals surface area contributed by atoms with Gasteiger partial charge < -0.3 is 5.11 Å². The summed E-state index contributed by atoms with van der Waals surface area (Å²) in [5.74, 6) is 5.89. The molecule has 0 saturated carbocycles. The van der Waals surface area contributed by atoms with Gasteiger partial charge in [-0.15, -0.1) is 0 Å². The molecule has 1 N–H and O–H groups in total. The van der Waals surface area contributed by atoms with Gasteiger partial charge in [-0.2, -0.15) is 0 Å². The largest absolute Gasteiger partial charge is 0.395 e. The van der Waals surface area contributed by atoms with E-state index in [1.807, 2.05) is 13.8 Å². The highest BCUT2D eigenvalue weighted by Crippen LogP contribution is 2.16. The number of sulfonamides is 1. The second-order valence-corrected chi connectivity index (χ2v) is 7.03. The number of hydrogen-bond donors (Lipinski definition) is 1. The zero-order chi connectivity index (χ0) is 15.2. The van der Waals surface area contributed by atoms with Gasteiger partial charge in [0, 0.05) is 25.6 Å². The Labute approximate surface area is 121 Å². The van der Waals surface area contributed by atoms with Gasteiger partial charge in [0.05, 0.1) is 11.5 Å². The summed E-state index contributed by atoms with van der Waals surface area (Å²) in [5.41, 5.74) is 0.637. The summed E-state index contributed by atoms with van der Waals surface area (Å²) >= 11 is 0. The number of nitrogens with zero attached hydrogens (tertiary/aromatic N) is 1. The zero-order valence-corrected chi connectivity index (χ0v) is 12.9. The molecular formula is C15H21NO3S.